The smallest absolute Gasteiger partial charge is 0.293 e. The summed E-state index contributed by atoms with van der Waals surface area (Å²) in [6.07, 6.45) is 2.20. The topological polar surface area (TPSA) is 94.2 Å². The monoisotopic (exact) mass is 548 g/mol. The summed E-state index contributed by atoms with van der Waals surface area (Å²) in [6, 6.07) is 10.9. The number of aryl methyl sites for hydroxylation is 1. The zero-order chi connectivity index (χ0) is 24.7. The van der Waals surface area contributed by atoms with Crippen LogP contribution in [0.15, 0.2) is 45.8 Å². The number of amides is 3. The number of nitrogens with zero attached hydrogens (tertiary/aromatic N) is 1. The van der Waals surface area contributed by atoms with E-state index in [2.05, 4.69) is 21.2 Å². The minimum absolute atomic E-state index is 0.220. The minimum atomic E-state index is -0.339. The second kappa shape index (κ2) is 12.0. The highest BCUT2D eigenvalue weighted by Gasteiger charge is 2.34. The molecule has 0 atom stereocenters. The van der Waals surface area contributed by atoms with Crippen LogP contribution >= 0.6 is 27.7 Å². The SMILES string of the molecule is COCCCN1C(=O)S/C(=C/c2cc(Br)c(OCC(=O)Nc3ccc(C)cc3)c(OC)c2)C1=O. The normalized spacial score (nSPS) is 14.6. The number of hydrogen-bond acceptors (Lipinski definition) is 7. The van der Waals surface area contributed by atoms with E-state index >= 15 is 0 Å². The lowest BCUT2D eigenvalue weighted by atomic mass is 10.2. The van der Waals surface area contributed by atoms with E-state index in [1.807, 2.05) is 31.2 Å². The van der Waals surface area contributed by atoms with Gasteiger partial charge in [-0.25, -0.2) is 0 Å². The van der Waals surface area contributed by atoms with Gasteiger partial charge in [0.2, 0.25) is 0 Å². The summed E-state index contributed by atoms with van der Waals surface area (Å²) < 4.78 is 16.7. The van der Waals surface area contributed by atoms with Crippen molar-refractivity contribution in [3.8, 4) is 11.5 Å². The number of benzene rings is 2. The lowest BCUT2D eigenvalue weighted by Gasteiger charge is -2.14. The van der Waals surface area contributed by atoms with Gasteiger partial charge < -0.3 is 19.5 Å². The molecule has 1 saturated heterocycles. The van der Waals surface area contributed by atoms with Crippen molar-refractivity contribution < 1.29 is 28.6 Å². The highest BCUT2D eigenvalue weighted by molar-refractivity contribution is 9.10. The Morgan fingerprint density at radius 1 is 1.18 bits per heavy atom. The van der Waals surface area contributed by atoms with Gasteiger partial charge in [-0.1, -0.05) is 17.7 Å². The lowest BCUT2D eigenvalue weighted by molar-refractivity contribution is -0.123. The van der Waals surface area contributed by atoms with Gasteiger partial charge in [-0.15, -0.1) is 0 Å². The van der Waals surface area contributed by atoms with E-state index in [4.69, 9.17) is 14.2 Å². The summed E-state index contributed by atoms with van der Waals surface area (Å²) in [6.45, 7) is 2.52. The molecule has 0 aliphatic carbocycles. The van der Waals surface area contributed by atoms with Crippen molar-refractivity contribution in [2.24, 2.45) is 0 Å². The molecule has 0 unspecified atom stereocenters. The van der Waals surface area contributed by atoms with Crippen molar-refractivity contribution >= 4 is 56.5 Å². The van der Waals surface area contributed by atoms with Crippen molar-refractivity contribution in [2.45, 2.75) is 13.3 Å². The molecule has 8 nitrogen and oxygen atoms in total. The van der Waals surface area contributed by atoms with E-state index in [1.54, 1.807) is 25.3 Å². The molecule has 0 bridgehead atoms. The van der Waals surface area contributed by atoms with Crippen LogP contribution in [-0.4, -0.2) is 55.9 Å². The maximum absolute atomic E-state index is 12.6. The van der Waals surface area contributed by atoms with Crippen LogP contribution in [0, 0.1) is 6.92 Å². The second-order valence-corrected chi connectivity index (χ2v) is 9.26. The van der Waals surface area contributed by atoms with Gasteiger partial charge in [-0.05, 0) is 76.9 Å². The Labute approximate surface area is 210 Å². The van der Waals surface area contributed by atoms with Crippen molar-refractivity contribution in [1.82, 2.24) is 4.90 Å². The number of carbonyl (C=O) groups excluding carboxylic acids is 3. The Hall–Kier alpha value is -2.82. The molecule has 34 heavy (non-hydrogen) atoms. The van der Waals surface area contributed by atoms with Crippen LogP contribution < -0.4 is 14.8 Å². The molecule has 2 aromatic carbocycles. The third-order valence-corrected chi connectivity index (χ3v) is 6.33. The van der Waals surface area contributed by atoms with Gasteiger partial charge in [0, 0.05) is 25.9 Å². The first-order chi connectivity index (χ1) is 16.3. The fourth-order valence-electron chi connectivity index (χ4n) is 3.15. The first kappa shape index (κ1) is 25.8. The van der Waals surface area contributed by atoms with E-state index in [9.17, 15) is 14.4 Å². The Bertz CT molecular complexity index is 1100. The van der Waals surface area contributed by atoms with E-state index in [0.29, 0.717) is 51.7 Å². The summed E-state index contributed by atoms with van der Waals surface area (Å²) >= 11 is 4.34. The van der Waals surface area contributed by atoms with Crippen LogP contribution in [0.5, 0.6) is 11.5 Å². The summed E-state index contributed by atoms with van der Waals surface area (Å²) in [5.74, 6) is 0.0767. The second-order valence-electron chi connectivity index (χ2n) is 7.42. The van der Waals surface area contributed by atoms with Gasteiger partial charge in [0.25, 0.3) is 17.1 Å². The van der Waals surface area contributed by atoms with Gasteiger partial charge >= 0.3 is 0 Å². The zero-order valence-corrected chi connectivity index (χ0v) is 21.5. The van der Waals surface area contributed by atoms with Crippen LogP contribution in [0.4, 0.5) is 10.5 Å². The summed E-state index contributed by atoms with van der Waals surface area (Å²) in [5.41, 5.74) is 2.41. The number of methoxy groups -OCH3 is 2. The Morgan fingerprint density at radius 2 is 1.91 bits per heavy atom. The van der Waals surface area contributed by atoms with E-state index in [0.717, 1.165) is 17.3 Å². The van der Waals surface area contributed by atoms with Crippen molar-refractivity contribution in [3.63, 3.8) is 0 Å². The van der Waals surface area contributed by atoms with Gasteiger partial charge in [0.15, 0.2) is 18.1 Å². The van der Waals surface area contributed by atoms with Gasteiger partial charge in [0.1, 0.15) is 0 Å². The number of halogens is 1. The number of carbonyl (C=O) groups is 3. The molecule has 10 heteroatoms. The van der Waals surface area contributed by atoms with Gasteiger partial charge in [-0.2, -0.15) is 0 Å². The fraction of sp³-hybridized carbons (Fsp3) is 0.292. The molecule has 1 heterocycles. The number of hydrogen-bond donors (Lipinski definition) is 1. The first-order valence-electron chi connectivity index (χ1n) is 10.4. The number of nitrogens with one attached hydrogen (secondary N) is 1. The van der Waals surface area contributed by atoms with Crippen LogP contribution in [0.2, 0.25) is 0 Å². The van der Waals surface area contributed by atoms with E-state index in [-0.39, 0.29) is 23.7 Å². The summed E-state index contributed by atoms with van der Waals surface area (Å²) in [5, 5.41) is 2.47. The van der Waals surface area contributed by atoms with Gasteiger partial charge in [-0.3, -0.25) is 19.3 Å². The molecule has 0 saturated carbocycles. The molecule has 1 aliphatic rings. The average Bonchev–Trinajstić information content (AvgIpc) is 3.07. The number of ether oxygens (including phenoxy) is 3. The standard InChI is InChI=1S/C24H25BrN2O6S/c1-15-5-7-17(8-6-15)26-21(28)14-33-22-18(25)11-16(12-19(22)32-3)13-20-23(29)27(24(30)34-20)9-4-10-31-2/h5-8,11-13H,4,9-10,14H2,1-3H3,(H,26,28)/b20-13+. The van der Waals surface area contributed by atoms with Crippen LogP contribution in [0.25, 0.3) is 6.08 Å². The van der Waals surface area contributed by atoms with Crippen LogP contribution in [0.1, 0.15) is 17.5 Å². The molecule has 0 aromatic heterocycles. The van der Waals surface area contributed by atoms with E-state index < -0.39 is 0 Å². The molecule has 1 N–H and O–H groups in total. The van der Waals surface area contributed by atoms with Gasteiger partial charge in [0.05, 0.1) is 16.5 Å². The molecule has 0 spiro atoms. The molecule has 3 amide bonds. The predicted octanol–water partition coefficient (Wildman–Crippen LogP) is 4.86. The predicted molar refractivity (Wildman–Crippen MR) is 135 cm³/mol. The maximum atomic E-state index is 12.6. The molecular weight excluding hydrogens is 524 g/mol. The zero-order valence-electron chi connectivity index (χ0n) is 19.1. The molecule has 3 rings (SSSR count). The largest absolute Gasteiger partial charge is 0.493 e. The Morgan fingerprint density at radius 3 is 2.59 bits per heavy atom. The maximum Gasteiger partial charge on any atom is 0.293 e. The third-order valence-electron chi connectivity index (χ3n) is 4.84. The Balaban J connectivity index is 1.69. The highest BCUT2D eigenvalue weighted by atomic mass is 79.9. The van der Waals surface area contributed by atoms with Crippen molar-refractivity contribution in [3.05, 3.63) is 56.9 Å². The van der Waals surface area contributed by atoms with Crippen LogP contribution in [-0.2, 0) is 14.3 Å². The summed E-state index contributed by atoms with van der Waals surface area (Å²) in [7, 11) is 3.05. The Kier molecular flexibility index (Phi) is 9.14. The lowest BCUT2D eigenvalue weighted by Crippen LogP contribution is -2.29. The minimum Gasteiger partial charge on any atom is -0.493 e. The van der Waals surface area contributed by atoms with E-state index in [1.165, 1.54) is 12.0 Å². The summed E-state index contributed by atoms with van der Waals surface area (Å²) in [4.78, 5) is 38.7. The van der Waals surface area contributed by atoms with Crippen molar-refractivity contribution in [1.29, 1.82) is 0 Å². The molecule has 180 valence electrons. The molecule has 1 aliphatic heterocycles. The number of anilines is 1. The number of rotatable bonds is 10. The van der Waals surface area contributed by atoms with Crippen LogP contribution in [0.3, 0.4) is 0 Å². The third kappa shape index (κ3) is 6.62. The fourth-order valence-corrected chi connectivity index (χ4v) is 4.59. The highest BCUT2D eigenvalue weighted by Crippen LogP contribution is 2.39. The van der Waals surface area contributed by atoms with Crippen molar-refractivity contribution in [2.75, 3.05) is 39.3 Å². The quantitative estimate of drug-likeness (QED) is 0.334. The molecule has 0 radical (unpaired) electrons. The number of imide groups is 1. The average molecular weight is 549 g/mol. The molecule has 1 fully saturated rings. The molecular formula is C24H25BrN2O6S. The number of thioether (sulfide) groups is 1. The molecule has 2 aromatic rings. The first-order valence-corrected chi connectivity index (χ1v) is 12.0.